The van der Waals surface area contributed by atoms with Crippen molar-refractivity contribution in [1.82, 2.24) is 4.90 Å². The predicted octanol–water partition coefficient (Wildman–Crippen LogP) is 4.30. The molecule has 0 saturated heterocycles. The van der Waals surface area contributed by atoms with Gasteiger partial charge in [0.2, 0.25) is 0 Å². The Bertz CT molecular complexity index is 684. The van der Waals surface area contributed by atoms with Gasteiger partial charge in [0.25, 0.3) is 11.6 Å². The lowest BCUT2D eigenvalue weighted by Gasteiger charge is -2.46. The van der Waals surface area contributed by atoms with Crippen molar-refractivity contribution < 1.29 is 9.72 Å². The second-order valence-corrected chi connectivity index (χ2v) is 8.70. The first kappa shape index (κ1) is 16.9. The van der Waals surface area contributed by atoms with E-state index in [1.807, 2.05) is 4.90 Å². The highest BCUT2D eigenvalue weighted by molar-refractivity contribution is 5.98. The third-order valence-corrected chi connectivity index (χ3v) is 5.75. The third-order valence-electron chi connectivity index (χ3n) is 5.75. The standard InChI is InChI=1S/C19H26N2O3/c1-18(2)9-7-13(8-10-18)20-12-19(3,4)16-6-5-14(21(23)24)11-15(16)17(20)22/h5-6,11,13H,7-10,12H2,1-4H3. The van der Waals surface area contributed by atoms with Crippen LogP contribution in [0.5, 0.6) is 0 Å². The fourth-order valence-electron chi connectivity index (χ4n) is 4.14. The van der Waals surface area contributed by atoms with E-state index in [0.717, 1.165) is 31.2 Å². The van der Waals surface area contributed by atoms with Crippen molar-refractivity contribution in [3.8, 4) is 0 Å². The summed E-state index contributed by atoms with van der Waals surface area (Å²) in [7, 11) is 0. The summed E-state index contributed by atoms with van der Waals surface area (Å²) in [5.41, 5.74) is 1.58. The number of hydrogen-bond acceptors (Lipinski definition) is 3. The second kappa shape index (κ2) is 5.57. The van der Waals surface area contributed by atoms with Gasteiger partial charge in [0, 0.05) is 30.1 Å². The minimum Gasteiger partial charge on any atom is -0.335 e. The summed E-state index contributed by atoms with van der Waals surface area (Å²) < 4.78 is 0. The number of nitro benzene ring substituents is 1. The van der Waals surface area contributed by atoms with Crippen molar-refractivity contribution in [3.63, 3.8) is 0 Å². The van der Waals surface area contributed by atoms with Gasteiger partial charge in [0.15, 0.2) is 0 Å². The van der Waals surface area contributed by atoms with Crippen molar-refractivity contribution in [2.45, 2.75) is 64.8 Å². The van der Waals surface area contributed by atoms with Crippen molar-refractivity contribution in [2.24, 2.45) is 5.41 Å². The smallest absolute Gasteiger partial charge is 0.270 e. The Kier molecular flexibility index (Phi) is 3.93. The normalized spacial score (nSPS) is 23.0. The summed E-state index contributed by atoms with van der Waals surface area (Å²) in [6, 6.07) is 4.97. The first-order chi connectivity index (χ1) is 11.1. The van der Waals surface area contributed by atoms with Crippen LogP contribution in [0, 0.1) is 15.5 Å². The maximum absolute atomic E-state index is 13.0. The van der Waals surface area contributed by atoms with Gasteiger partial charge in [0.05, 0.1) is 10.5 Å². The Morgan fingerprint density at radius 2 is 1.79 bits per heavy atom. The van der Waals surface area contributed by atoms with Crippen molar-refractivity contribution in [3.05, 3.63) is 39.4 Å². The summed E-state index contributed by atoms with van der Waals surface area (Å²) in [4.78, 5) is 25.7. The number of non-ortho nitro benzene ring substituents is 1. The number of carbonyl (C=O) groups is 1. The molecule has 0 unspecified atom stereocenters. The Morgan fingerprint density at radius 3 is 2.38 bits per heavy atom. The molecule has 0 atom stereocenters. The van der Waals surface area contributed by atoms with Crippen LogP contribution in [0.25, 0.3) is 0 Å². The van der Waals surface area contributed by atoms with Crippen LogP contribution in [0.1, 0.15) is 69.3 Å². The summed E-state index contributed by atoms with van der Waals surface area (Å²) >= 11 is 0. The van der Waals surface area contributed by atoms with Gasteiger partial charge in [-0.3, -0.25) is 14.9 Å². The minimum atomic E-state index is -0.428. The molecule has 0 bridgehead atoms. The number of amides is 1. The first-order valence-corrected chi connectivity index (χ1v) is 8.71. The Morgan fingerprint density at radius 1 is 1.17 bits per heavy atom. The predicted molar refractivity (Wildman–Crippen MR) is 93.2 cm³/mol. The zero-order valence-corrected chi connectivity index (χ0v) is 15.0. The van der Waals surface area contributed by atoms with Crippen molar-refractivity contribution in [2.75, 3.05) is 6.54 Å². The van der Waals surface area contributed by atoms with Crippen LogP contribution in [-0.2, 0) is 5.41 Å². The van der Waals surface area contributed by atoms with Gasteiger partial charge in [-0.15, -0.1) is 0 Å². The van der Waals surface area contributed by atoms with E-state index in [0.29, 0.717) is 17.5 Å². The van der Waals surface area contributed by atoms with Gasteiger partial charge in [-0.25, -0.2) is 0 Å². The van der Waals surface area contributed by atoms with Crippen LogP contribution in [0.15, 0.2) is 18.2 Å². The molecule has 5 nitrogen and oxygen atoms in total. The fourth-order valence-corrected chi connectivity index (χ4v) is 4.14. The van der Waals surface area contributed by atoms with Gasteiger partial charge in [-0.2, -0.15) is 0 Å². The molecule has 0 radical (unpaired) electrons. The van der Waals surface area contributed by atoms with E-state index in [4.69, 9.17) is 0 Å². The molecule has 1 saturated carbocycles. The van der Waals surface area contributed by atoms with Crippen LogP contribution in [0.2, 0.25) is 0 Å². The largest absolute Gasteiger partial charge is 0.335 e. The molecule has 0 N–H and O–H groups in total. The average molecular weight is 330 g/mol. The van der Waals surface area contributed by atoms with E-state index >= 15 is 0 Å². The molecule has 1 fully saturated rings. The Hall–Kier alpha value is -1.91. The molecule has 0 aromatic heterocycles. The number of nitro groups is 1. The van der Waals surface area contributed by atoms with Crippen LogP contribution in [0.3, 0.4) is 0 Å². The maximum Gasteiger partial charge on any atom is 0.270 e. The molecule has 3 rings (SSSR count). The quantitative estimate of drug-likeness (QED) is 0.600. The van der Waals surface area contributed by atoms with Gasteiger partial charge < -0.3 is 4.90 Å². The SMILES string of the molecule is CC1(C)CCC(N2CC(C)(C)c3ccc([N+](=O)[O-])cc3C2=O)CC1. The zero-order chi connectivity index (χ0) is 17.7. The van der Waals surface area contributed by atoms with Crippen LogP contribution in [-0.4, -0.2) is 28.3 Å². The average Bonchev–Trinajstić information content (AvgIpc) is 2.51. The van der Waals surface area contributed by atoms with Gasteiger partial charge in [-0.1, -0.05) is 33.8 Å². The van der Waals surface area contributed by atoms with E-state index < -0.39 is 4.92 Å². The van der Waals surface area contributed by atoms with Crippen molar-refractivity contribution in [1.29, 1.82) is 0 Å². The monoisotopic (exact) mass is 330 g/mol. The molecule has 0 spiro atoms. The molecule has 1 aromatic carbocycles. The van der Waals surface area contributed by atoms with E-state index in [1.54, 1.807) is 6.07 Å². The van der Waals surface area contributed by atoms with E-state index in [-0.39, 0.29) is 23.1 Å². The summed E-state index contributed by atoms with van der Waals surface area (Å²) in [5.74, 6) is -0.0438. The Labute approximate surface area is 143 Å². The summed E-state index contributed by atoms with van der Waals surface area (Å²) in [6.07, 6.45) is 4.26. The first-order valence-electron chi connectivity index (χ1n) is 8.71. The minimum absolute atomic E-state index is 0.00970. The summed E-state index contributed by atoms with van der Waals surface area (Å²) in [6.45, 7) is 9.48. The van der Waals surface area contributed by atoms with Crippen molar-refractivity contribution >= 4 is 11.6 Å². The molecular weight excluding hydrogens is 304 g/mol. The molecule has 130 valence electrons. The van der Waals surface area contributed by atoms with E-state index in [2.05, 4.69) is 27.7 Å². The molecule has 2 aliphatic rings. The van der Waals surface area contributed by atoms with Crippen LogP contribution >= 0.6 is 0 Å². The highest BCUT2D eigenvalue weighted by atomic mass is 16.6. The molecule has 1 heterocycles. The number of benzene rings is 1. The lowest BCUT2D eigenvalue weighted by Crippen LogP contribution is -2.52. The lowest BCUT2D eigenvalue weighted by molar-refractivity contribution is -0.384. The molecule has 1 aromatic rings. The second-order valence-electron chi connectivity index (χ2n) is 8.70. The molecule has 24 heavy (non-hydrogen) atoms. The lowest BCUT2D eigenvalue weighted by atomic mass is 9.73. The fraction of sp³-hybridized carbons (Fsp3) is 0.632. The van der Waals surface area contributed by atoms with Gasteiger partial charge in [0.1, 0.15) is 0 Å². The molecule has 5 heteroatoms. The Balaban J connectivity index is 1.94. The molecule has 1 amide bonds. The zero-order valence-electron chi connectivity index (χ0n) is 15.0. The van der Waals surface area contributed by atoms with Crippen LogP contribution in [0.4, 0.5) is 5.69 Å². The highest BCUT2D eigenvalue weighted by Gasteiger charge is 2.41. The third kappa shape index (κ3) is 2.92. The number of fused-ring (bicyclic) bond motifs is 1. The number of hydrogen-bond donors (Lipinski definition) is 0. The van der Waals surface area contributed by atoms with Crippen LogP contribution < -0.4 is 0 Å². The highest BCUT2D eigenvalue weighted by Crippen LogP contribution is 2.41. The maximum atomic E-state index is 13.0. The molecule has 1 aliphatic carbocycles. The summed E-state index contributed by atoms with van der Waals surface area (Å²) in [5, 5.41) is 11.1. The van der Waals surface area contributed by atoms with E-state index in [9.17, 15) is 14.9 Å². The molecule has 1 aliphatic heterocycles. The molecular formula is C19H26N2O3. The number of rotatable bonds is 2. The topological polar surface area (TPSA) is 63.4 Å². The van der Waals surface area contributed by atoms with E-state index in [1.165, 1.54) is 12.1 Å². The number of carbonyl (C=O) groups excluding carboxylic acids is 1. The number of nitrogens with zero attached hydrogens (tertiary/aromatic N) is 2. The van der Waals surface area contributed by atoms with Gasteiger partial charge in [-0.05, 0) is 36.7 Å². The van der Waals surface area contributed by atoms with Gasteiger partial charge >= 0.3 is 0 Å².